The second-order valence-corrected chi connectivity index (χ2v) is 3.50. The minimum absolute atomic E-state index is 0.0175. The molecule has 0 radical (unpaired) electrons. The molecule has 0 bridgehead atoms. The topological polar surface area (TPSA) is 44.1 Å². The smallest absolute Gasteiger partial charge is 0.146 e. The molecule has 3 atom stereocenters. The molecule has 0 spiro atoms. The van der Waals surface area contributed by atoms with Crippen LogP contribution in [-0.2, 0) is 4.79 Å². The predicted molar refractivity (Wildman–Crippen MR) is 45.4 cm³/mol. The van der Waals surface area contributed by atoms with Crippen molar-refractivity contribution in [3.05, 3.63) is 0 Å². The van der Waals surface area contributed by atoms with Gasteiger partial charge in [-0.15, -0.1) is 0 Å². The Balaban J connectivity index is 2.75. The first-order chi connectivity index (χ1) is 5.57. The van der Waals surface area contributed by atoms with Crippen LogP contribution in [0, 0.1) is 17.2 Å². The Bertz CT molecular complexity index is 231. The van der Waals surface area contributed by atoms with E-state index in [1.807, 2.05) is 18.9 Å². The van der Waals surface area contributed by atoms with Crippen LogP contribution in [0.2, 0.25) is 0 Å². The monoisotopic (exact) mass is 166 g/mol. The maximum atomic E-state index is 11.1. The lowest BCUT2D eigenvalue weighted by atomic mass is 10.0. The summed E-state index contributed by atoms with van der Waals surface area (Å²) < 4.78 is 0. The molecule has 0 N–H and O–H groups in total. The van der Waals surface area contributed by atoms with Gasteiger partial charge in [0, 0.05) is 6.04 Å². The van der Waals surface area contributed by atoms with E-state index in [-0.39, 0.29) is 23.8 Å². The molecule has 3 heteroatoms. The van der Waals surface area contributed by atoms with Crippen molar-refractivity contribution in [1.82, 2.24) is 4.90 Å². The minimum Gasteiger partial charge on any atom is -0.298 e. The normalized spacial score (nSPS) is 36.3. The van der Waals surface area contributed by atoms with Gasteiger partial charge in [0.15, 0.2) is 0 Å². The molecule has 0 amide bonds. The highest BCUT2D eigenvalue weighted by atomic mass is 16.1. The fourth-order valence-electron chi connectivity index (χ4n) is 1.78. The SMILES string of the molecule is CC(=O)[C@@H]1CC(C#N)[C@H](C)N1C. The molecule has 3 nitrogen and oxygen atoms in total. The van der Waals surface area contributed by atoms with Gasteiger partial charge in [-0.1, -0.05) is 0 Å². The zero-order valence-electron chi connectivity index (χ0n) is 7.74. The first kappa shape index (κ1) is 9.21. The molecule has 1 saturated heterocycles. The Kier molecular flexibility index (Phi) is 2.49. The fraction of sp³-hybridized carbons (Fsp3) is 0.778. The molecule has 66 valence electrons. The average molecular weight is 166 g/mol. The number of nitrogens with zero attached hydrogens (tertiary/aromatic N) is 2. The maximum Gasteiger partial charge on any atom is 0.146 e. The van der Waals surface area contributed by atoms with Crippen molar-refractivity contribution in [2.75, 3.05) is 7.05 Å². The highest BCUT2D eigenvalue weighted by molar-refractivity contribution is 5.81. The van der Waals surface area contributed by atoms with E-state index in [1.54, 1.807) is 6.92 Å². The molecule has 1 rings (SSSR count). The molecule has 1 aliphatic heterocycles. The summed E-state index contributed by atoms with van der Waals surface area (Å²) in [4.78, 5) is 13.1. The number of carbonyl (C=O) groups excluding carboxylic acids is 1. The molecule has 1 heterocycles. The number of carbonyl (C=O) groups is 1. The van der Waals surface area contributed by atoms with Crippen LogP contribution in [0.1, 0.15) is 20.3 Å². The second-order valence-electron chi connectivity index (χ2n) is 3.50. The van der Waals surface area contributed by atoms with Crippen LogP contribution >= 0.6 is 0 Å². The number of ketones is 1. The summed E-state index contributed by atoms with van der Waals surface area (Å²) in [5.41, 5.74) is 0. The van der Waals surface area contributed by atoms with E-state index in [4.69, 9.17) is 5.26 Å². The number of hydrogen-bond donors (Lipinski definition) is 0. The molecule has 1 fully saturated rings. The van der Waals surface area contributed by atoms with Gasteiger partial charge in [-0.05, 0) is 27.3 Å². The van der Waals surface area contributed by atoms with Gasteiger partial charge in [-0.3, -0.25) is 9.69 Å². The molecule has 0 aromatic rings. The van der Waals surface area contributed by atoms with E-state index in [1.165, 1.54) is 0 Å². The molecule has 1 unspecified atom stereocenters. The number of Topliss-reactive ketones (excluding diaryl/α,β-unsaturated/α-hetero) is 1. The largest absolute Gasteiger partial charge is 0.298 e. The van der Waals surface area contributed by atoms with Gasteiger partial charge in [0.25, 0.3) is 0 Å². The number of likely N-dealkylation sites (tertiary alicyclic amines) is 1. The fourth-order valence-corrected chi connectivity index (χ4v) is 1.78. The Morgan fingerprint density at radius 1 is 1.67 bits per heavy atom. The van der Waals surface area contributed by atoms with E-state index >= 15 is 0 Å². The second kappa shape index (κ2) is 3.24. The zero-order chi connectivity index (χ0) is 9.30. The van der Waals surface area contributed by atoms with Crippen molar-refractivity contribution in [1.29, 1.82) is 5.26 Å². The summed E-state index contributed by atoms with van der Waals surface area (Å²) in [6.07, 6.45) is 0.698. The average Bonchev–Trinajstić information content (AvgIpc) is 2.30. The molecule has 0 saturated carbocycles. The van der Waals surface area contributed by atoms with E-state index in [0.717, 1.165) is 0 Å². The van der Waals surface area contributed by atoms with Gasteiger partial charge in [-0.2, -0.15) is 5.26 Å². The van der Waals surface area contributed by atoms with Crippen LogP contribution in [0.4, 0.5) is 0 Å². The predicted octanol–water partition coefficient (Wildman–Crippen LogP) is 0.808. The van der Waals surface area contributed by atoms with Crippen LogP contribution < -0.4 is 0 Å². The van der Waals surface area contributed by atoms with Crippen molar-refractivity contribution < 1.29 is 4.79 Å². The van der Waals surface area contributed by atoms with Crippen LogP contribution in [-0.4, -0.2) is 29.8 Å². The van der Waals surface area contributed by atoms with E-state index in [9.17, 15) is 4.79 Å². The van der Waals surface area contributed by atoms with Gasteiger partial charge < -0.3 is 0 Å². The first-order valence-corrected chi connectivity index (χ1v) is 4.20. The number of rotatable bonds is 1. The van der Waals surface area contributed by atoms with Gasteiger partial charge in [0.2, 0.25) is 0 Å². The van der Waals surface area contributed by atoms with Crippen molar-refractivity contribution in [3.8, 4) is 6.07 Å². The standard InChI is InChI=1S/C9H14N2O/c1-6-8(5-10)4-9(7(2)12)11(6)3/h6,8-9H,4H2,1-3H3/t6-,8?,9-/m0/s1. The molecular formula is C9H14N2O. The van der Waals surface area contributed by atoms with Gasteiger partial charge in [0.05, 0.1) is 18.0 Å². The Hall–Kier alpha value is -0.880. The van der Waals surface area contributed by atoms with Crippen LogP contribution in [0.15, 0.2) is 0 Å². The summed E-state index contributed by atoms with van der Waals surface area (Å²) in [6, 6.07) is 2.41. The molecular weight excluding hydrogens is 152 g/mol. The first-order valence-electron chi connectivity index (χ1n) is 4.20. The zero-order valence-corrected chi connectivity index (χ0v) is 7.74. The van der Waals surface area contributed by atoms with Gasteiger partial charge in [-0.25, -0.2) is 0 Å². The summed E-state index contributed by atoms with van der Waals surface area (Å²) >= 11 is 0. The summed E-state index contributed by atoms with van der Waals surface area (Å²) in [7, 11) is 1.91. The highest BCUT2D eigenvalue weighted by Crippen LogP contribution is 2.27. The maximum absolute atomic E-state index is 11.1. The van der Waals surface area contributed by atoms with Crippen LogP contribution in [0.3, 0.4) is 0 Å². The summed E-state index contributed by atoms with van der Waals surface area (Å²) in [6.45, 7) is 3.59. The third kappa shape index (κ3) is 1.35. The lowest BCUT2D eigenvalue weighted by Gasteiger charge is -2.20. The lowest BCUT2D eigenvalue weighted by Crippen LogP contribution is -2.35. The molecule has 0 aromatic heterocycles. The third-order valence-electron chi connectivity index (χ3n) is 2.83. The summed E-state index contributed by atoms with van der Waals surface area (Å²) in [5, 5.41) is 8.77. The Labute approximate surface area is 73.0 Å². The van der Waals surface area contributed by atoms with Crippen molar-refractivity contribution in [2.24, 2.45) is 5.92 Å². The van der Waals surface area contributed by atoms with E-state index < -0.39 is 0 Å². The summed E-state index contributed by atoms with van der Waals surface area (Å²) in [5.74, 6) is 0.186. The lowest BCUT2D eigenvalue weighted by molar-refractivity contribution is -0.121. The third-order valence-corrected chi connectivity index (χ3v) is 2.83. The molecule has 0 aliphatic carbocycles. The van der Waals surface area contributed by atoms with Gasteiger partial charge in [0.1, 0.15) is 5.78 Å². The van der Waals surface area contributed by atoms with Gasteiger partial charge >= 0.3 is 0 Å². The Morgan fingerprint density at radius 3 is 2.50 bits per heavy atom. The molecule has 1 aliphatic rings. The number of nitriles is 1. The van der Waals surface area contributed by atoms with Crippen LogP contribution in [0.25, 0.3) is 0 Å². The number of hydrogen-bond acceptors (Lipinski definition) is 3. The van der Waals surface area contributed by atoms with E-state index in [2.05, 4.69) is 6.07 Å². The van der Waals surface area contributed by atoms with Crippen molar-refractivity contribution in [3.63, 3.8) is 0 Å². The highest BCUT2D eigenvalue weighted by Gasteiger charge is 2.38. The minimum atomic E-state index is -0.0374. The van der Waals surface area contributed by atoms with Crippen molar-refractivity contribution >= 4 is 5.78 Å². The molecule has 0 aromatic carbocycles. The molecule has 12 heavy (non-hydrogen) atoms. The van der Waals surface area contributed by atoms with E-state index in [0.29, 0.717) is 6.42 Å². The van der Waals surface area contributed by atoms with Crippen LogP contribution in [0.5, 0.6) is 0 Å². The van der Waals surface area contributed by atoms with Crippen molar-refractivity contribution in [2.45, 2.75) is 32.4 Å². The quantitative estimate of drug-likeness (QED) is 0.579. The Morgan fingerprint density at radius 2 is 2.25 bits per heavy atom. The number of likely N-dealkylation sites (N-methyl/N-ethyl adjacent to an activating group) is 1.